The van der Waals surface area contributed by atoms with E-state index in [1.165, 1.54) is 26.4 Å². The van der Waals surface area contributed by atoms with Crippen molar-refractivity contribution in [1.82, 2.24) is 0 Å². The first-order chi connectivity index (χ1) is 17.1. The zero-order chi connectivity index (χ0) is 26.3. The van der Waals surface area contributed by atoms with Crippen molar-refractivity contribution in [2.24, 2.45) is 0 Å². The second-order valence-electron chi connectivity index (χ2n) is 7.93. The molecule has 36 heavy (non-hydrogen) atoms. The Morgan fingerprint density at radius 1 is 0.889 bits per heavy atom. The lowest BCUT2D eigenvalue weighted by Gasteiger charge is -2.39. The Morgan fingerprint density at radius 3 is 2.22 bits per heavy atom. The Hall–Kier alpha value is -3.75. The van der Waals surface area contributed by atoms with Crippen molar-refractivity contribution in [2.75, 3.05) is 20.8 Å². The van der Waals surface area contributed by atoms with E-state index in [0.29, 0.717) is 0 Å². The molecule has 2 heterocycles. The number of hydrogen-bond donors (Lipinski definition) is 7. The summed E-state index contributed by atoms with van der Waals surface area (Å²) >= 11 is 0. The van der Waals surface area contributed by atoms with Crippen molar-refractivity contribution in [3.8, 4) is 45.8 Å². The lowest BCUT2D eigenvalue weighted by Crippen LogP contribution is -2.60. The molecule has 13 nitrogen and oxygen atoms in total. The zero-order valence-corrected chi connectivity index (χ0v) is 19.0. The van der Waals surface area contributed by atoms with Crippen molar-refractivity contribution < 1.29 is 59.1 Å². The van der Waals surface area contributed by atoms with E-state index in [-0.39, 0.29) is 45.3 Å². The first kappa shape index (κ1) is 25.3. The standard InChI is InChI=1S/C23H24O13/c1-32-20-8(25)3-4-12(35-23-19(31)18(30)17(29)14(7-24)36-23)16(20)13-6-10(27)15-9(26)5-11(28)21(33-2)22(15)34-13/h3-6,14,17-19,23-26,28-31H,7H2,1-2H3/t14-,17+,18?,19?,23+/m0/s1. The third-order valence-electron chi connectivity index (χ3n) is 5.76. The van der Waals surface area contributed by atoms with Crippen LogP contribution in [0.3, 0.4) is 0 Å². The molecular weight excluding hydrogens is 484 g/mol. The van der Waals surface area contributed by atoms with Crippen molar-refractivity contribution >= 4 is 11.0 Å². The monoisotopic (exact) mass is 508 g/mol. The number of phenols is 3. The van der Waals surface area contributed by atoms with Crippen LogP contribution in [0.1, 0.15) is 0 Å². The van der Waals surface area contributed by atoms with Crippen LogP contribution < -0.4 is 19.6 Å². The van der Waals surface area contributed by atoms with Crippen LogP contribution in [0.15, 0.2) is 33.5 Å². The number of benzene rings is 2. The second kappa shape index (κ2) is 9.72. The second-order valence-corrected chi connectivity index (χ2v) is 7.93. The minimum Gasteiger partial charge on any atom is -0.507 e. The summed E-state index contributed by atoms with van der Waals surface area (Å²) in [5, 5.41) is 70.3. The number of ether oxygens (including phenoxy) is 4. The van der Waals surface area contributed by atoms with E-state index < -0.39 is 54.2 Å². The predicted octanol–water partition coefficient (Wildman–Crippen LogP) is -0.227. The summed E-state index contributed by atoms with van der Waals surface area (Å²) in [6, 6.07) is 4.30. The molecule has 0 saturated carbocycles. The van der Waals surface area contributed by atoms with Gasteiger partial charge in [-0.1, -0.05) is 0 Å². The van der Waals surface area contributed by atoms with Gasteiger partial charge in [0.15, 0.2) is 28.3 Å². The molecule has 7 N–H and O–H groups in total. The Balaban J connectivity index is 1.91. The molecule has 0 amide bonds. The van der Waals surface area contributed by atoms with Gasteiger partial charge in [0.2, 0.25) is 12.0 Å². The predicted molar refractivity (Wildman–Crippen MR) is 120 cm³/mol. The molecular formula is C23H24O13. The highest BCUT2D eigenvalue weighted by atomic mass is 16.7. The SMILES string of the molecule is COc1c(O)ccc(O[C@@H]2O[C@@H](CO)[C@@H](O)C(O)C2O)c1-c1cc(=O)c2c(O)cc(O)c(OC)c2o1. The molecule has 1 fully saturated rings. The van der Waals surface area contributed by atoms with Crippen molar-refractivity contribution in [2.45, 2.75) is 30.7 Å². The van der Waals surface area contributed by atoms with Crippen molar-refractivity contribution in [1.29, 1.82) is 0 Å². The van der Waals surface area contributed by atoms with Crippen LogP contribution in [0.2, 0.25) is 0 Å². The number of aliphatic hydroxyl groups excluding tert-OH is 4. The van der Waals surface area contributed by atoms with Gasteiger partial charge in [-0.05, 0) is 12.1 Å². The Bertz CT molecular complexity index is 1330. The molecule has 1 aliphatic rings. The van der Waals surface area contributed by atoms with Gasteiger partial charge in [0.05, 0.1) is 20.8 Å². The van der Waals surface area contributed by atoms with Crippen LogP contribution in [-0.2, 0) is 4.74 Å². The van der Waals surface area contributed by atoms with E-state index in [0.717, 1.165) is 12.1 Å². The highest BCUT2D eigenvalue weighted by Crippen LogP contribution is 2.47. The molecule has 13 heteroatoms. The fraction of sp³-hybridized carbons (Fsp3) is 0.348. The van der Waals surface area contributed by atoms with Crippen LogP contribution in [-0.4, -0.2) is 87.3 Å². The average molecular weight is 508 g/mol. The van der Waals surface area contributed by atoms with Gasteiger partial charge in [-0.3, -0.25) is 4.79 Å². The summed E-state index contributed by atoms with van der Waals surface area (Å²) in [4.78, 5) is 12.9. The largest absolute Gasteiger partial charge is 0.507 e. The van der Waals surface area contributed by atoms with E-state index >= 15 is 0 Å². The van der Waals surface area contributed by atoms with E-state index in [4.69, 9.17) is 23.4 Å². The summed E-state index contributed by atoms with van der Waals surface area (Å²) in [5.41, 5.74) is -1.20. The Labute approximate surface area is 202 Å². The minimum absolute atomic E-state index is 0.140. The van der Waals surface area contributed by atoms with Crippen molar-refractivity contribution in [3.05, 3.63) is 34.5 Å². The molecule has 1 aromatic heterocycles. The summed E-state index contributed by atoms with van der Waals surface area (Å²) in [5.74, 6) is -2.36. The van der Waals surface area contributed by atoms with Gasteiger partial charge in [-0.25, -0.2) is 0 Å². The number of phenolic OH excluding ortho intramolecular Hbond substituents is 3. The van der Waals surface area contributed by atoms with Gasteiger partial charge in [-0.15, -0.1) is 0 Å². The lowest BCUT2D eigenvalue weighted by molar-refractivity contribution is -0.277. The van der Waals surface area contributed by atoms with Crippen LogP contribution in [0.25, 0.3) is 22.3 Å². The first-order valence-electron chi connectivity index (χ1n) is 10.6. The number of aromatic hydroxyl groups is 3. The molecule has 0 spiro atoms. The molecule has 1 saturated heterocycles. The highest BCUT2D eigenvalue weighted by Gasteiger charge is 2.45. The molecule has 4 rings (SSSR count). The number of aliphatic hydroxyl groups is 4. The summed E-state index contributed by atoms with van der Waals surface area (Å²) in [6.45, 7) is -0.692. The van der Waals surface area contributed by atoms with Gasteiger partial charge in [-0.2, -0.15) is 0 Å². The topological polar surface area (TPSA) is 209 Å². The maximum absolute atomic E-state index is 12.9. The lowest BCUT2D eigenvalue weighted by atomic mass is 9.99. The molecule has 3 aromatic rings. The van der Waals surface area contributed by atoms with E-state index in [2.05, 4.69) is 0 Å². The van der Waals surface area contributed by atoms with Gasteiger partial charge in [0, 0.05) is 12.1 Å². The molecule has 2 aromatic carbocycles. The zero-order valence-electron chi connectivity index (χ0n) is 19.0. The maximum atomic E-state index is 12.9. The first-order valence-corrected chi connectivity index (χ1v) is 10.6. The fourth-order valence-corrected chi connectivity index (χ4v) is 3.98. The van der Waals surface area contributed by atoms with E-state index in [9.17, 15) is 40.5 Å². The van der Waals surface area contributed by atoms with Gasteiger partial charge < -0.3 is 59.1 Å². The van der Waals surface area contributed by atoms with Crippen molar-refractivity contribution in [3.63, 3.8) is 0 Å². The normalized spacial score (nSPS) is 24.0. The quantitative estimate of drug-likeness (QED) is 0.230. The van der Waals surface area contributed by atoms with Gasteiger partial charge in [0.1, 0.15) is 52.6 Å². The number of fused-ring (bicyclic) bond motifs is 1. The van der Waals surface area contributed by atoms with E-state index in [1.54, 1.807) is 0 Å². The number of hydrogen-bond acceptors (Lipinski definition) is 13. The maximum Gasteiger partial charge on any atom is 0.229 e. The Morgan fingerprint density at radius 2 is 1.58 bits per heavy atom. The summed E-state index contributed by atoms with van der Waals surface area (Å²) < 4.78 is 27.3. The van der Waals surface area contributed by atoms with Crippen LogP contribution >= 0.6 is 0 Å². The molecule has 5 atom stereocenters. The molecule has 0 aliphatic carbocycles. The highest BCUT2D eigenvalue weighted by molar-refractivity contribution is 5.92. The average Bonchev–Trinajstić information content (AvgIpc) is 2.84. The third kappa shape index (κ3) is 4.12. The van der Waals surface area contributed by atoms with Gasteiger partial charge >= 0.3 is 0 Å². The van der Waals surface area contributed by atoms with E-state index in [1.807, 2.05) is 0 Å². The smallest absolute Gasteiger partial charge is 0.229 e. The number of methoxy groups -OCH3 is 2. The Kier molecular flexibility index (Phi) is 6.84. The molecule has 194 valence electrons. The summed E-state index contributed by atoms with van der Waals surface area (Å²) in [7, 11) is 2.42. The summed E-state index contributed by atoms with van der Waals surface area (Å²) in [6.07, 6.45) is -7.97. The number of rotatable bonds is 6. The molecule has 0 bridgehead atoms. The molecule has 2 unspecified atom stereocenters. The van der Waals surface area contributed by atoms with Crippen LogP contribution in [0.5, 0.6) is 34.5 Å². The van der Waals surface area contributed by atoms with Gasteiger partial charge in [0.25, 0.3) is 0 Å². The van der Waals surface area contributed by atoms with Crippen LogP contribution in [0, 0.1) is 0 Å². The molecule has 1 aliphatic heterocycles. The van der Waals surface area contributed by atoms with Crippen LogP contribution in [0.4, 0.5) is 0 Å². The fourth-order valence-electron chi connectivity index (χ4n) is 3.98. The third-order valence-corrected chi connectivity index (χ3v) is 5.76. The minimum atomic E-state index is -1.76. The molecule has 0 radical (unpaired) electrons.